The maximum Gasteiger partial charge on any atom is 0.311 e. The zero-order valence-electron chi connectivity index (χ0n) is 18.9. The summed E-state index contributed by atoms with van der Waals surface area (Å²) in [5, 5.41) is 32.9. The Kier molecular flexibility index (Phi) is 7.91. The van der Waals surface area contributed by atoms with Crippen LogP contribution in [0.4, 0.5) is 0 Å². The van der Waals surface area contributed by atoms with Crippen molar-refractivity contribution in [1.82, 2.24) is 0 Å². The van der Waals surface area contributed by atoms with E-state index in [9.17, 15) is 24.9 Å². The quantitative estimate of drug-likeness (QED) is 0.294. The van der Waals surface area contributed by atoms with Crippen LogP contribution in [0.1, 0.15) is 73.1 Å². The van der Waals surface area contributed by atoms with E-state index in [2.05, 4.69) is 0 Å². The Morgan fingerprint density at radius 1 is 1.27 bits per heavy atom. The number of carbonyl (C=O) groups is 2. The molecule has 170 valence electrons. The maximum absolute atomic E-state index is 12.6. The van der Waals surface area contributed by atoms with E-state index in [0.717, 1.165) is 24.8 Å². The van der Waals surface area contributed by atoms with Crippen molar-refractivity contribution >= 4 is 11.9 Å². The number of carboxylic acid groups (broad SMARTS) is 1. The van der Waals surface area contributed by atoms with Gasteiger partial charge in [-0.15, -0.1) is 0 Å². The van der Waals surface area contributed by atoms with E-state index in [1.165, 1.54) is 0 Å². The standard InChI is InChI=1S/C24H38O6/c1-6-8-9-10-18(21(25)26)20-19-17(11-12-23(20,5)28)13-15(3)14-24(19,29)30-22(27)16(4)7-2/h11-13,15-16,18-20,28-29H,6-10,14H2,1-5H3,(H,25,26). The second-order valence-electron chi connectivity index (χ2n) is 9.43. The van der Waals surface area contributed by atoms with Gasteiger partial charge in [0, 0.05) is 12.3 Å². The minimum Gasteiger partial charge on any atom is -0.481 e. The Bertz CT molecular complexity index is 694. The summed E-state index contributed by atoms with van der Waals surface area (Å²) in [7, 11) is 0. The lowest BCUT2D eigenvalue weighted by Crippen LogP contribution is -2.58. The van der Waals surface area contributed by atoms with Crippen molar-refractivity contribution < 1.29 is 29.6 Å². The third-order valence-corrected chi connectivity index (χ3v) is 6.75. The molecule has 2 aliphatic carbocycles. The molecule has 0 bridgehead atoms. The van der Waals surface area contributed by atoms with Crippen LogP contribution >= 0.6 is 0 Å². The molecule has 0 spiro atoms. The monoisotopic (exact) mass is 422 g/mol. The number of hydrogen-bond donors (Lipinski definition) is 3. The van der Waals surface area contributed by atoms with Gasteiger partial charge >= 0.3 is 11.9 Å². The van der Waals surface area contributed by atoms with Crippen molar-refractivity contribution in [2.24, 2.45) is 29.6 Å². The molecule has 0 aromatic carbocycles. The normalized spacial score (nSPS) is 35.2. The molecular weight excluding hydrogens is 384 g/mol. The topological polar surface area (TPSA) is 104 Å². The fourth-order valence-electron chi connectivity index (χ4n) is 4.96. The van der Waals surface area contributed by atoms with Gasteiger partial charge in [0.1, 0.15) is 0 Å². The first kappa shape index (κ1) is 24.6. The first-order chi connectivity index (χ1) is 14.0. The van der Waals surface area contributed by atoms with Crippen molar-refractivity contribution in [2.75, 3.05) is 0 Å². The number of carbonyl (C=O) groups excluding carboxylic acids is 1. The zero-order chi connectivity index (χ0) is 22.7. The average Bonchev–Trinajstić information content (AvgIpc) is 2.65. The average molecular weight is 423 g/mol. The number of unbranched alkanes of at least 4 members (excludes halogenated alkanes) is 2. The van der Waals surface area contributed by atoms with E-state index in [0.29, 0.717) is 12.8 Å². The maximum atomic E-state index is 12.6. The number of aliphatic hydroxyl groups is 2. The van der Waals surface area contributed by atoms with Gasteiger partial charge in [-0.25, -0.2) is 0 Å². The molecule has 0 saturated heterocycles. The number of allylic oxidation sites excluding steroid dienone is 2. The Hall–Kier alpha value is -1.66. The van der Waals surface area contributed by atoms with Crippen LogP contribution in [-0.2, 0) is 14.3 Å². The van der Waals surface area contributed by atoms with Gasteiger partial charge in [0.05, 0.1) is 23.4 Å². The lowest BCUT2D eigenvalue weighted by atomic mass is 9.59. The fraction of sp³-hybridized carbons (Fsp3) is 0.750. The van der Waals surface area contributed by atoms with Crippen LogP contribution in [-0.4, -0.2) is 38.6 Å². The molecule has 6 nitrogen and oxygen atoms in total. The molecule has 0 amide bonds. The van der Waals surface area contributed by atoms with Crippen molar-refractivity contribution in [1.29, 1.82) is 0 Å². The summed E-state index contributed by atoms with van der Waals surface area (Å²) >= 11 is 0. The Balaban J connectivity index is 2.52. The number of fused-ring (bicyclic) bond motifs is 1. The molecule has 0 aromatic rings. The van der Waals surface area contributed by atoms with E-state index in [4.69, 9.17) is 4.74 Å². The van der Waals surface area contributed by atoms with Gasteiger partial charge in [0.2, 0.25) is 5.79 Å². The van der Waals surface area contributed by atoms with Gasteiger partial charge in [0.25, 0.3) is 0 Å². The molecule has 7 atom stereocenters. The number of aliphatic carboxylic acids is 1. The van der Waals surface area contributed by atoms with Crippen LogP contribution in [0, 0.1) is 29.6 Å². The lowest BCUT2D eigenvalue weighted by Gasteiger charge is -2.51. The summed E-state index contributed by atoms with van der Waals surface area (Å²) in [6, 6.07) is 0. The minimum atomic E-state index is -1.86. The van der Waals surface area contributed by atoms with E-state index >= 15 is 0 Å². The van der Waals surface area contributed by atoms with Crippen LogP contribution in [0.5, 0.6) is 0 Å². The molecule has 3 N–H and O–H groups in total. The molecule has 30 heavy (non-hydrogen) atoms. The molecule has 2 aliphatic rings. The van der Waals surface area contributed by atoms with Crippen LogP contribution in [0.15, 0.2) is 23.8 Å². The zero-order valence-corrected chi connectivity index (χ0v) is 18.9. The Morgan fingerprint density at radius 2 is 1.93 bits per heavy atom. The molecule has 0 aromatic heterocycles. The predicted octanol–water partition coefficient (Wildman–Crippen LogP) is 4.06. The first-order valence-electron chi connectivity index (χ1n) is 11.3. The van der Waals surface area contributed by atoms with Gasteiger partial charge in [-0.05, 0) is 31.3 Å². The van der Waals surface area contributed by atoms with Crippen molar-refractivity contribution in [2.45, 2.75) is 84.5 Å². The molecule has 0 saturated carbocycles. The van der Waals surface area contributed by atoms with Gasteiger partial charge in [-0.2, -0.15) is 0 Å². The predicted molar refractivity (Wildman–Crippen MR) is 114 cm³/mol. The van der Waals surface area contributed by atoms with Crippen LogP contribution < -0.4 is 0 Å². The summed E-state index contributed by atoms with van der Waals surface area (Å²) in [6.45, 7) is 9.17. The first-order valence-corrected chi connectivity index (χ1v) is 11.3. The third kappa shape index (κ3) is 5.14. The third-order valence-electron chi connectivity index (χ3n) is 6.75. The number of hydrogen-bond acceptors (Lipinski definition) is 5. The van der Waals surface area contributed by atoms with Gasteiger partial charge in [-0.1, -0.05) is 65.2 Å². The molecule has 0 fully saturated rings. The number of carboxylic acids is 1. The number of rotatable bonds is 9. The van der Waals surface area contributed by atoms with Crippen LogP contribution in [0.2, 0.25) is 0 Å². The van der Waals surface area contributed by atoms with Crippen molar-refractivity contribution in [3.8, 4) is 0 Å². The smallest absolute Gasteiger partial charge is 0.311 e. The summed E-state index contributed by atoms with van der Waals surface area (Å²) in [6.07, 6.45) is 9.05. The van der Waals surface area contributed by atoms with Crippen LogP contribution in [0.3, 0.4) is 0 Å². The summed E-state index contributed by atoms with van der Waals surface area (Å²) < 4.78 is 5.69. The largest absolute Gasteiger partial charge is 0.481 e. The fourth-order valence-corrected chi connectivity index (χ4v) is 4.96. The highest BCUT2D eigenvalue weighted by Gasteiger charge is 2.58. The van der Waals surface area contributed by atoms with Crippen LogP contribution in [0.25, 0.3) is 0 Å². The van der Waals surface area contributed by atoms with E-state index < -0.39 is 41.1 Å². The van der Waals surface area contributed by atoms with E-state index in [-0.39, 0.29) is 18.3 Å². The van der Waals surface area contributed by atoms with Gasteiger partial charge in [0.15, 0.2) is 0 Å². The number of esters is 1. The molecular formula is C24H38O6. The Morgan fingerprint density at radius 3 is 2.50 bits per heavy atom. The molecule has 7 unspecified atom stereocenters. The summed E-state index contributed by atoms with van der Waals surface area (Å²) in [5.41, 5.74) is -0.722. The lowest BCUT2D eigenvalue weighted by molar-refractivity contribution is -0.255. The van der Waals surface area contributed by atoms with Gasteiger partial charge < -0.3 is 20.1 Å². The highest BCUT2D eigenvalue weighted by Crippen LogP contribution is 2.52. The summed E-state index contributed by atoms with van der Waals surface area (Å²) in [5.74, 6) is -6.28. The van der Waals surface area contributed by atoms with Crippen molar-refractivity contribution in [3.63, 3.8) is 0 Å². The Labute approximate surface area is 180 Å². The molecule has 0 heterocycles. The molecule has 0 radical (unpaired) electrons. The molecule has 6 heteroatoms. The van der Waals surface area contributed by atoms with E-state index in [1.54, 1.807) is 26.0 Å². The minimum absolute atomic E-state index is 0.0531. The second-order valence-corrected chi connectivity index (χ2v) is 9.43. The van der Waals surface area contributed by atoms with Crippen molar-refractivity contribution in [3.05, 3.63) is 23.8 Å². The highest BCUT2D eigenvalue weighted by molar-refractivity contribution is 5.73. The van der Waals surface area contributed by atoms with E-state index in [1.807, 2.05) is 26.8 Å². The SMILES string of the molecule is CCCCCC(C(=O)O)C1C2C(=CC(C)CC2(O)OC(=O)C(C)CC)C=CC1(C)O. The second kappa shape index (κ2) is 9.65. The molecule has 0 aliphatic heterocycles. The summed E-state index contributed by atoms with van der Waals surface area (Å²) in [4.78, 5) is 24.9. The van der Waals surface area contributed by atoms with Gasteiger partial charge in [-0.3, -0.25) is 9.59 Å². The number of ether oxygens (including phenoxy) is 1. The highest BCUT2D eigenvalue weighted by atomic mass is 16.7. The molecule has 2 rings (SSSR count).